The summed E-state index contributed by atoms with van der Waals surface area (Å²) >= 11 is 0. The van der Waals surface area contributed by atoms with Crippen LogP contribution in [-0.2, 0) is 6.54 Å². The lowest BCUT2D eigenvalue weighted by atomic mass is 10.5. The minimum Gasteiger partial charge on any atom is -0.467 e. The minimum atomic E-state index is 0.132. The fraction of sp³-hybridized carbons (Fsp3) is 0.200. The topological polar surface area (TPSA) is 42.6 Å². The smallest absolute Gasteiger partial charge is 0.139 e. The molecular weight excluding hydrogens is 106 g/mol. The molecule has 0 atom stereocenters. The first-order valence-electron chi connectivity index (χ1n) is 2.25. The van der Waals surface area contributed by atoms with Crippen LogP contribution in [0.4, 0.5) is 0 Å². The first kappa shape index (κ1) is 5.03. The van der Waals surface area contributed by atoms with Gasteiger partial charge in [-0.2, -0.15) is 4.91 Å². The van der Waals surface area contributed by atoms with E-state index in [0.29, 0.717) is 5.76 Å². The summed E-state index contributed by atoms with van der Waals surface area (Å²) in [7, 11) is 0. The Labute approximate surface area is 46.3 Å². The second kappa shape index (κ2) is 2.26. The highest BCUT2D eigenvalue weighted by Crippen LogP contribution is 1.99. The molecule has 0 fully saturated rings. The van der Waals surface area contributed by atoms with Gasteiger partial charge in [0.15, 0.2) is 0 Å². The van der Waals surface area contributed by atoms with Crippen LogP contribution in [-0.4, -0.2) is 0 Å². The van der Waals surface area contributed by atoms with Gasteiger partial charge in [-0.15, -0.1) is 0 Å². The van der Waals surface area contributed by atoms with E-state index in [0.717, 1.165) is 0 Å². The number of furan rings is 1. The third kappa shape index (κ3) is 0.932. The molecule has 1 rings (SSSR count). The molecule has 0 N–H and O–H groups in total. The summed E-state index contributed by atoms with van der Waals surface area (Å²) in [5, 5.41) is 2.63. The number of hydrogen-bond donors (Lipinski definition) is 0. The molecule has 0 aliphatic heterocycles. The number of rotatable bonds is 2. The van der Waals surface area contributed by atoms with E-state index in [1.165, 1.54) is 6.26 Å². The zero-order chi connectivity index (χ0) is 5.82. The van der Waals surface area contributed by atoms with E-state index in [4.69, 9.17) is 4.42 Å². The number of nitrogens with zero attached hydrogens (tertiary/aromatic N) is 1. The van der Waals surface area contributed by atoms with Gasteiger partial charge in [-0.25, -0.2) is 0 Å². The molecule has 0 aliphatic carbocycles. The maximum Gasteiger partial charge on any atom is 0.139 e. The molecule has 0 aliphatic rings. The van der Waals surface area contributed by atoms with Crippen LogP contribution in [0.3, 0.4) is 0 Å². The molecule has 0 bridgehead atoms. The number of hydrogen-bond acceptors (Lipinski definition) is 3. The summed E-state index contributed by atoms with van der Waals surface area (Å²) in [6.07, 6.45) is 1.51. The quantitative estimate of drug-likeness (QED) is 0.543. The monoisotopic (exact) mass is 111 g/mol. The molecule has 0 saturated heterocycles. The highest BCUT2D eigenvalue weighted by atomic mass is 16.3. The predicted molar refractivity (Wildman–Crippen MR) is 28.2 cm³/mol. The van der Waals surface area contributed by atoms with Gasteiger partial charge in [0.25, 0.3) is 0 Å². The fourth-order valence-electron chi connectivity index (χ4n) is 0.466. The molecular formula is C5H5NO2. The van der Waals surface area contributed by atoms with Crippen LogP contribution < -0.4 is 0 Å². The third-order valence-corrected chi connectivity index (χ3v) is 0.800. The SMILES string of the molecule is O=NCc1ccco1. The molecule has 1 aromatic heterocycles. The van der Waals surface area contributed by atoms with E-state index in [9.17, 15) is 4.91 Å². The first-order valence-corrected chi connectivity index (χ1v) is 2.25. The average Bonchev–Trinajstić information content (AvgIpc) is 2.19. The summed E-state index contributed by atoms with van der Waals surface area (Å²) < 4.78 is 4.78. The van der Waals surface area contributed by atoms with Crippen LogP contribution in [0.1, 0.15) is 5.76 Å². The zero-order valence-electron chi connectivity index (χ0n) is 4.20. The minimum absolute atomic E-state index is 0.132. The normalized spacial score (nSPS) is 9.00. The molecule has 0 radical (unpaired) electrons. The van der Waals surface area contributed by atoms with Crippen molar-refractivity contribution in [3.8, 4) is 0 Å². The maximum atomic E-state index is 9.56. The molecule has 8 heavy (non-hydrogen) atoms. The zero-order valence-corrected chi connectivity index (χ0v) is 4.20. The van der Waals surface area contributed by atoms with Crippen molar-refractivity contribution in [3.63, 3.8) is 0 Å². The molecule has 1 aromatic rings. The highest BCUT2D eigenvalue weighted by molar-refractivity contribution is 4.97. The summed E-state index contributed by atoms with van der Waals surface area (Å²) in [5.74, 6) is 0.611. The Hall–Kier alpha value is -1.12. The van der Waals surface area contributed by atoms with E-state index in [1.807, 2.05) is 0 Å². The Kier molecular flexibility index (Phi) is 1.42. The second-order valence-electron chi connectivity index (χ2n) is 1.37. The van der Waals surface area contributed by atoms with E-state index in [1.54, 1.807) is 12.1 Å². The molecule has 0 amide bonds. The summed E-state index contributed by atoms with van der Waals surface area (Å²) in [6, 6.07) is 3.43. The standard InChI is InChI=1S/C5H5NO2/c7-6-4-5-2-1-3-8-5/h1-3H,4H2. The van der Waals surface area contributed by atoms with E-state index in [-0.39, 0.29) is 6.54 Å². The lowest BCUT2D eigenvalue weighted by Crippen LogP contribution is -1.69. The Morgan fingerprint density at radius 1 is 1.75 bits per heavy atom. The lowest BCUT2D eigenvalue weighted by molar-refractivity contribution is 0.512. The molecule has 0 saturated carbocycles. The van der Waals surface area contributed by atoms with Crippen LogP contribution in [0.25, 0.3) is 0 Å². The van der Waals surface area contributed by atoms with Crippen molar-refractivity contribution in [2.45, 2.75) is 6.54 Å². The largest absolute Gasteiger partial charge is 0.467 e. The van der Waals surface area contributed by atoms with Crippen LogP contribution in [0.2, 0.25) is 0 Å². The van der Waals surface area contributed by atoms with E-state index >= 15 is 0 Å². The van der Waals surface area contributed by atoms with Crippen LogP contribution in [0.5, 0.6) is 0 Å². The Balaban J connectivity index is 2.62. The lowest BCUT2D eigenvalue weighted by Gasteiger charge is -1.78. The fourth-order valence-corrected chi connectivity index (χ4v) is 0.466. The van der Waals surface area contributed by atoms with Gasteiger partial charge in [0.05, 0.1) is 6.26 Å². The van der Waals surface area contributed by atoms with Crippen molar-refractivity contribution in [1.82, 2.24) is 0 Å². The van der Waals surface area contributed by atoms with Gasteiger partial charge in [-0.1, -0.05) is 5.18 Å². The van der Waals surface area contributed by atoms with Crippen LogP contribution in [0.15, 0.2) is 28.0 Å². The van der Waals surface area contributed by atoms with Gasteiger partial charge in [-0.3, -0.25) is 0 Å². The first-order chi connectivity index (χ1) is 3.93. The van der Waals surface area contributed by atoms with Gasteiger partial charge in [-0.05, 0) is 12.1 Å². The second-order valence-corrected chi connectivity index (χ2v) is 1.37. The van der Waals surface area contributed by atoms with Gasteiger partial charge in [0, 0.05) is 0 Å². The van der Waals surface area contributed by atoms with Crippen LogP contribution in [0, 0.1) is 4.91 Å². The van der Waals surface area contributed by atoms with E-state index < -0.39 is 0 Å². The molecule has 0 spiro atoms. The molecule has 0 unspecified atom stereocenters. The predicted octanol–water partition coefficient (Wildman–Crippen LogP) is 1.55. The van der Waals surface area contributed by atoms with E-state index in [2.05, 4.69) is 5.18 Å². The van der Waals surface area contributed by atoms with Crippen LogP contribution >= 0.6 is 0 Å². The van der Waals surface area contributed by atoms with Crippen molar-refractivity contribution in [2.75, 3.05) is 0 Å². The number of nitroso groups, excluding NO2 is 1. The highest BCUT2D eigenvalue weighted by Gasteiger charge is 1.90. The Bertz CT molecular complexity index is 157. The molecule has 3 nitrogen and oxygen atoms in total. The summed E-state index contributed by atoms with van der Waals surface area (Å²) in [4.78, 5) is 9.56. The summed E-state index contributed by atoms with van der Waals surface area (Å²) in [6.45, 7) is 0.132. The van der Waals surface area contributed by atoms with Crippen molar-refractivity contribution < 1.29 is 4.42 Å². The molecule has 1 heterocycles. The van der Waals surface area contributed by atoms with Gasteiger partial charge >= 0.3 is 0 Å². The van der Waals surface area contributed by atoms with Crippen molar-refractivity contribution in [3.05, 3.63) is 29.1 Å². The van der Waals surface area contributed by atoms with Crippen molar-refractivity contribution >= 4 is 0 Å². The molecule has 0 aromatic carbocycles. The third-order valence-electron chi connectivity index (χ3n) is 0.800. The molecule has 42 valence electrons. The van der Waals surface area contributed by atoms with Gasteiger partial charge < -0.3 is 4.42 Å². The Morgan fingerprint density at radius 3 is 3.12 bits per heavy atom. The molecule has 3 heteroatoms. The van der Waals surface area contributed by atoms with Crippen molar-refractivity contribution in [1.29, 1.82) is 0 Å². The van der Waals surface area contributed by atoms with Crippen molar-refractivity contribution in [2.24, 2.45) is 5.18 Å². The average molecular weight is 111 g/mol. The van der Waals surface area contributed by atoms with Gasteiger partial charge in [0.1, 0.15) is 12.3 Å². The summed E-state index contributed by atoms with van der Waals surface area (Å²) in [5.41, 5.74) is 0. The maximum absolute atomic E-state index is 9.56. The van der Waals surface area contributed by atoms with Gasteiger partial charge in [0.2, 0.25) is 0 Å². The Morgan fingerprint density at radius 2 is 2.62 bits per heavy atom.